The molecule has 0 saturated carbocycles. The van der Waals surface area contributed by atoms with Crippen LogP contribution in [0.3, 0.4) is 0 Å². The molecule has 0 spiro atoms. The molecule has 0 aliphatic carbocycles. The van der Waals surface area contributed by atoms with Crippen LogP contribution in [0.2, 0.25) is 0 Å². The molecule has 0 fully saturated rings. The summed E-state index contributed by atoms with van der Waals surface area (Å²) in [4.78, 5) is 22.3. The summed E-state index contributed by atoms with van der Waals surface area (Å²) in [7, 11) is 0. The summed E-state index contributed by atoms with van der Waals surface area (Å²) in [6.45, 7) is 7.80. The molecule has 116 valence electrons. The topological polar surface area (TPSA) is 64.6 Å². The fourth-order valence-corrected chi connectivity index (χ4v) is 1.61. The Morgan fingerprint density at radius 1 is 1.38 bits per heavy atom. The second-order valence-corrected chi connectivity index (χ2v) is 4.57. The molecular formula is C16H23NO4. The van der Waals surface area contributed by atoms with Crippen molar-refractivity contribution in [3.05, 3.63) is 42.5 Å². The molecule has 1 atom stereocenters. The van der Waals surface area contributed by atoms with E-state index in [9.17, 15) is 9.59 Å². The maximum absolute atomic E-state index is 11.5. The van der Waals surface area contributed by atoms with E-state index in [1.54, 1.807) is 12.1 Å². The van der Waals surface area contributed by atoms with Crippen molar-refractivity contribution >= 4 is 12.1 Å². The quantitative estimate of drug-likeness (QED) is 0.476. The van der Waals surface area contributed by atoms with E-state index in [1.807, 2.05) is 12.1 Å². The maximum Gasteiger partial charge on any atom is 0.412 e. The minimum Gasteiger partial charge on any atom is -0.461 e. The van der Waals surface area contributed by atoms with Crippen molar-refractivity contribution in [2.45, 2.75) is 26.2 Å². The van der Waals surface area contributed by atoms with Crippen LogP contribution in [0.4, 0.5) is 4.79 Å². The van der Waals surface area contributed by atoms with Crippen molar-refractivity contribution < 1.29 is 20.5 Å². The van der Waals surface area contributed by atoms with Gasteiger partial charge in [-0.3, -0.25) is 0 Å². The third-order valence-electron chi connectivity index (χ3n) is 3.05. The van der Waals surface area contributed by atoms with E-state index >= 15 is 0 Å². The van der Waals surface area contributed by atoms with E-state index in [0.29, 0.717) is 11.7 Å². The van der Waals surface area contributed by atoms with Gasteiger partial charge in [0.1, 0.15) is 12.4 Å². The number of hydrogen-bond acceptors (Lipinski definition) is 4. The molecule has 1 N–H and O–H groups in total. The van der Waals surface area contributed by atoms with E-state index < -0.39 is 12.1 Å². The average Bonchev–Trinajstić information content (AvgIpc) is 2.51. The Labute approximate surface area is 126 Å². The van der Waals surface area contributed by atoms with Crippen LogP contribution in [0.1, 0.15) is 33.2 Å². The van der Waals surface area contributed by atoms with E-state index in [4.69, 9.17) is 9.47 Å². The maximum atomic E-state index is 11.5. The van der Waals surface area contributed by atoms with Crippen LogP contribution in [-0.4, -0.2) is 25.2 Å². The summed E-state index contributed by atoms with van der Waals surface area (Å²) in [6.07, 6.45) is 1.54. The van der Waals surface area contributed by atoms with Crippen LogP contribution >= 0.6 is 0 Å². The van der Waals surface area contributed by atoms with Gasteiger partial charge in [-0.2, -0.15) is 0 Å². The Morgan fingerprint density at radius 2 is 2.05 bits per heavy atom. The lowest BCUT2D eigenvalue weighted by Gasteiger charge is -2.10. The zero-order chi connectivity index (χ0) is 15.7. The molecule has 1 aromatic carbocycles. The molecule has 1 rings (SSSR count). The molecule has 0 aliphatic heterocycles. The molecule has 0 aliphatic rings. The lowest BCUT2D eigenvalue weighted by molar-refractivity contribution is -0.137. The predicted octanol–water partition coefficient (Wildman–Crippen LogP) is 3.26. The van der Waals surface area contributed by atoms with Crippen molar-refractivity contribution in [1.82, 2.24) is 5.32 Å². The zero-order valence-electron chi connectivity index (χ0n) is 12.4. The largest absolute Gasteiger partial charge is 0.461 e. The lowest BCUT2D eigenvalue weighted by Crippen LogP contribution is -2.30. The molecular weight excluding hydrogens is 270 g/mol. The van der Waals surface area contributed by atoms with Crippen LogP contribution in [0.5, 0.6) is 5.75 Å². The fraction of sp³-hybridized carbons (Fsp3) is 0.375. The Morgan fingerprint density at radius 3 is 2.62 bits per heavy atom. The highest BCUT2D eigenvalue weighted by Crippen LogP contribution is 2.21. The third-order valence-corrected chi connectivity index (χ3v) is 3.05. The van der Waals surface area contributed by atoms with E-state index in [2.05, 4.69) is 25.7 Å². The van der Waals surface area contributed by atoms with Gasteiger partial charge in [-0.1, -0.05) is 32.6 Å². The van der Waals surface area contributed by atoms with Crippen LogP contribution < -0.4 is 10.1 Å². The highest BCUT2D eigenvalue weighted by atomic mass is 16.6. The average molecular weight is 293 g/mol. The van der Waals surface area contributed by atoms with Gasteiger partial charge in [-0.15, -0.1) is 0 Å². The van der Waals surface area contributed by atoms with Gasteiger partial charge in [0.2, 0.25) is 0 Å². The first-order valence-electron chi connectivity index (χ1n) is 6.91. The lowest BCUT2D eigenvalue weighted by atomic mass is 9.99. The molecule has 21 heavy (non-hydrogen) atoms. The number of amides is 1. The summed E-state index contributed by atoms with van der Waals surface area (Å²) in [5.74, 6) is 0.431. The second kappa shape index (κ2) is 8.79. The highest BCUT2D eigenvalue weighted by Gasteiger charge is 2.06. The molecule has 0 bridgehead atoms. The minimum absolute atomic E-state index is 0. The highest BCUT2D eigenvalue weighted by molar-refractivity contribution is 5.81. The Balaban J connectivity index is 0.00000441. The van der Waals surface area contributed by atoms with Crippen LogP contribution in [0.25, 0.3) is 0 Å². The SMILES string of the molecule is C=CC(=O)OCCNC(=O)Oc1ccc(C(C)CC)cc1.[HH]. The molecule has 1 aromatic rings. The molecule has 5 heteroatoms. The van der Waals surface area contributed by atoms with Gasteiger partial charge in [0.15, 0.2) is 0 Å². The smallest absolute Gasteiger partial charge is 0.412 e. The number of hydrogen-bond donors (Lipinski definition) is 1. The third kappa shape index (κ3) is 6.12. The van der Waals surface area contributed by atoms with Crippen molar-refractivity contribution in [1.29, 1.82) is 0 Å². The number of nitrogens with one attached hydrogen (secondary N) is 1. The van der Waals surface area contributed by atoms with Gasteiger partial charge in [-0.05, 0) is 30.0 Å². The first-order valence-corrected chi connectivity index (χ1v) is 6.91. The minimum atomic E-state index is -0.582. The van der Waals surface area contributed by atoms with Crippen LogP contribution in [0, 0.1) is 0 Å². The first-order chi connectivity index (χ1) is 10.1. The standard InChI is InChI=1S/C16H21NO4.H2/c1-4-12(3)13-6-8-14(9-7-13)21-16(19)17-10-11-20-15(18)5-2;/h5-9,12H,2,4,10-11H2,1,3H3,(H,17,19);1H. The molecule has 0 saturated heterocycles. The summed E-state index contributed by atoms with van der Waals surface area (Å²) in [5, 5.41) is 2.49. The molecule has 1 amide bonds. The summed E-state index contributed by atoms with van der Waals surface area (Å²) < 4.78 is 9.82. The normalized spacial score (nSPS) is 11.3. The fourth-order valence-electron chi connectivity index (χ4n) is 1.61. The Hall–Kier alpha value is -2.30. The van der Waals surface area contributed by atoms with Gasteiger partial charge >= 0.3 is 12.1 Å². The van der Waals surface area contributed by atoms with Crippen LogP contribution in [0.15, 0.2) is 36.9 Å². The number of ether oxygens (including phenoxy) is 2. The van der Waals surface area contributed by atoms with Gasteiger partial charge in [0.25, 0.3) is 0 Å². The number of esters is 1. The Bertz CT molecular complexity index is 487. The monoisotopic (exact) mass is 293 g/mol. The Kier molecular flexibility index (Phi) is 7.01. The van der Waals surface area contributed by atoms with E-state index in [0.717, 1.165) is 12.5 Å². The summed E-state index contributed by atoms with van der Waals surface area (Å²) in [5.41, 5.74) is 1.21. The molecule has 0 heterocycles. The van der Waals surface area contributed by atoms with Gasteiger partial charge in [0.05, 0.1) is 6.54 Å². The van der Waals surface area contributed by atoms with Crippen molar-refractivity contribution in [3.63, 3.8) is 0 Å². The first kappa shape index (κ1) is 16.8. The van der Waals surface area contributed by atoms with Crippen molar-refractivity contribution in [2.75, 3.05) is 13.2 Å². The molecule has 0 aromatic heterocycles. The van der Waals surface area contributed by atoms with Crippen LogP contribution in [-0.2, 0) is 9.53 Å². The number of rotatable bonds is 7. The molecule has 1 unspecified atom stereocenters. The zero-order valence-corrected chi connectivity index (χ0v) is 12.4. The van der Waals surface area contributed by atoms with Gasteiger partial charge in [-0.25, -0.2) is 9.59 Å². The number of carbonyl (C=O) groups excluding carboxylic acids is 2. The van der Waals surface area contributed by atoms with Crippen molar-refractivity contribution in [2.24, 2.45) is 0 Å². The van der Waals surface area contributed by atoms with E-state index in [1.165, 1.54) is 5.56 Å². The van der Waals surface area contributed by atoms with Gasteiger partial charge < -0.3 is 14.8 Å². The predicted molar refractivity (Wildman–Crippen MR) is 82.4 cm³/mol. The van der Waals surface area contributed by atoms with Crippen molar-refractivity contribution in [3.8, 4) is 5.75 Å². The second-order valence-electron chi connectivity index (χ2n) is 4.57. The number of benzene rings is 1. The van der Waals surface area contributed by atoms with E-state index in [-0.39, 0.29) is 14.6 Å². The number of carbonyl (C=O) groups is 2. The summed E-state index contributed by atoms with van der Waals surface area (Å²) >= 11 is 0. The molecule has 5 nitrogen and oxygen atoms in total. The molecule has 0 radical (unpaired) electrons. The summed E-state index contributed by atoms with van der Waals surface area (Å²) in [6, 6.07) is 7.42. The van der Waals surface area contributed by atoms with Gasteiger partial charge in [0, 0.05) is 7.50 Å².